The van der Waals surface area contributed by atoms with Gasteiger partial charge in [-0.25, -0.2) is 16.8 Å². The van der Waals surface area contributed by atoms with Crippen LogP contribution in [0, 0.1) is 0 Å². The first-order chi connectivity index (χ1) is 16.5. The topological polar surface area (TPSA) is 140 Å². The zero-order valence-electron chi connectivity index (χ0n) is 19.3. The zero-order chi connectivity index (χ0) is 25.2. The van der Waals surface area contributed by atoms with Crippen LogP contribution in [0.4, 0.5) is 6.01 Å². The molecule has 0 saturated carbocycles. The summed E-state index contributed by atoms with van der Waals surface area (Å²) in [7, 11) is -6.90. The smallest absolute Gasteiger partial charge is 0.322 e. The van der Waals surface area contributed by atoms with Crippen LogP contribution < -0.4 is 5.32 Å². The highest BCUT2D eigenvalue weighted by molar-refractivity contribution is 7.90. The summed E-state index contributed by atoms with van der Waals surface area (Å²) >= 11 is 0. The van der Waals surface area contributed by atoms with Gasteiger partial charge >= 0.3 is 6.01 Å². The molecule has 12 heteroatoms. The number of hydrogen-bond donors (Lipinski definition) is 1. The fourth-order valence-corrected chi connectivity index (χ4v) is 6.25. The first-order valence-electron chi connectivity index (χ1n) is 11.1. The largest absolute Gasteiger partial charge is 0.407 e. The normalized spacial score (nSPS) is 17.3. The summed E-state index contributed by atoms with van der Waals surface area (Å²) in [5, 5.41) is 10.2. The number of aromatic nitrogens is 2. The summed E-state index contributed by atoms with van der Waals surface area (Å²) in [6.45, 7) is 2.40. The fraction of sp³-hybridized carbons (Fsp3) is 0.348. The summed E-state index contributed by atoms with van der Waals surface area (Å²) in [6, 6.07) is 11.9. The summed E-state index contributed by atoms with van der Waals surface area (Å²) in [4.78, 5) is 12.9. The molecule has 1 aliphatic heterocycles. The van der Waals surface area contributed by atoms with Gasteiger partial charge in [-0.15, -0.1) is 5.10 Å². The first kappa shape index (κ1) is 25.0. The van der Waals surface area contributed by atoms with E-state index in [-0.39, 0.29) is 39.7 Å². The molecule has 1 amide bonds. The molecule has 2 aromatic carbocycles. The van der Waals surface area contributed by atoms with E-state index in [0.717, 1.165) is 31.1 Å². The monoisotopic (exact) mass is 518 g/mol. The van der Waals surface area contributed by atoms with Crippen LogP contribution in [-0.4, -0.2) is 56.1 Å². The van der Waals surface area contributed by atoms with E-state index in [2.05, 4.69) is 15.5 Å². The number of sulfonamides is 1. The Kier molecular flexibility index (Phi) is 7.06. The highest BCUT2D eigenvalue weighted by Crippen LogP contribution is 2.25. The summed E-state index contributed by atoms with van der Waals surface area (Å²) in [5.41, 5.74) is 1.01. The number of benzene rings is 2. The van der Waals surface area contributed by atoms with E-state index in [1.165, 1.54) is 40.7 Å². The van der Waals surface area contributed by atoms with Gasteiger partial charge in [0.1, 0.15) is 0 Å². The van der Waals surface area contributed by atoms with Crippen molar-refractivity contribution in [1.29, 1.82) is 0 Å². The number of carbonyl (C=O) groups excluding carboxylic acids is 1. The molecule has 2 heterocycles. The molecule has 1 N–H and O–H groups in total. The van der Waals surface area contributed by atoms with Gasteiger partial charge in [0, 0.05) is 24.4 Å². The number of sulfone groups is 1. The number of rotatable bonds is 7. The van der Waals surface area contributed by atoms with E-state index in [0.29, 0.717) is 6.54 Å². The molecule has 4 rings (SSSR count). The first-order valence-corrected chi connectivity index (χ1v) is 14.4. The predicted octanol–water partition coefficient (Wildman–Crippen LogP) is 2.88. The van der Waals surface area contributed by atoms with Gasteiger partial charge in [-0.3, -0.25) is 10.1 Å². The van der Waals surface area contributed by atoms with Crippen molar-refractivity contribution in [3.05, 3.63) is 65.5 Å². The minimum Gasteiger partial charge on any atom is -0.407 e. The van der Waals surface area contributed by atoms with E-state index in [4.69, 9.17) is 4.42 Å². The van der Waals surface area contributed by atoms with Gasteiger partial charge in [-0.1, -0.05) is 23.7 Å². The van der Waals surface area contributed by atoms with Crippen LogP contribution in [0.3, 0.4) is 0 Å². The number of nitrogens with zero attached hydrogens (tertiary/aromatic N) is 3. The Morgan fingerprint density at radius 1 is 1.00 bits per heavy atom. The molecular weight excluding hydrogens is 492 g/mol. The highest BCUT2D eigenvalue weighted by atomic mass is 32.2. The highest BCUT2D eigenvalue weighted by Gasteiger charge is 2.31. The van der Waals surface area contributed by atoms with Crippen molar-refractivity contribution in [2.75, 3.05) is 18.1 Å². The van der Waals surface area contributed by atoms with E-state index in [9.17, 15) is 21.6 Å². The Hall–Kier alpha value is -3.09. The van der Waals surface area contributed by atoms with Crippen LogP contribution in [0.2, 0.25) is 0 Å². The van der Waals surface area contributed by atoms with Crippen molar-refractivity contribution >= 4 is 31.8 Å². The van der Waals surface area contributed by atoms with Gasteiger partial charge in [0.2, 0.25) is 15.9 Å². The lowest BCUT2D eigenvalue weighted by Gasteiger charge is -2.32. The van der Waals surface area contributed by atoms with Gasteiger partial charge in [0.15, 0.2) is 9.84 Å². The molecule has 1 atom stereocenters. The van der Waals surface area contributed by atoms with E-state index >= 15 is 0 Å². The van der Waals surface area contributed by atoms with E-state index < -0.39 is 25.8 Å². The maximum atomic E-state index is 13.0. The second kappa shape index (κ2) is 9.88. The van der Waals surface area contributed by atoms with Gasteiger partial charge in [-0.2, -0.15) is 4.31 Å². The maximum Gasteiger partial charge on any atom is 0.322 e. The summed E-state index contributed by atoms with van der Waals surface area (Å²) < 4.78 is 56.0. The van der Waals surface area contributed by atoms with Crippen molar-refractivity contribution in [2.45, 2.75) is 48.4 Å². The Morgan fingerprint density at radius 2 is 1.66 bits per heavy atom. The van der Waals surface area contributed by atoms with Gasteiger partial charge in [0.05, 0.1) is 16.2 Å². The Bertz CT molecular complexity index is 1420. The minimum atomic E-state index is -3.62. The third kappa shape index (κ3) is 5.77. The average molecular weight is 519 g/mol. The number of anilines is 1. The van der Waals surface area contributed by atoms with Crippen LogP contribution in [0.5, 0.6) is 0 Å². The molecule has 1 fully saturated rings. The quantitative estimate of drug-likeness (QED) is 0.504. The van der Waals surface area contributed by atoms with Crippen molar-refractivity contribution in [3.63, 3.8) is 0 Å². The van der Waals surface area contributed by atoms with Crippen molar-refractivity contribution in [3.8, 4) is 0 Å². The zero-order valence-corrected chi connectivity index (χ0v) is 21.0. The molecule has 0 aliphatic carbocycles. The molecule has 3 aromatic rings. The minimum absolute atomic E-state index is 0.0546. The average Bonchev–Trinajstić information content (AvgIpc) is 3.25. The number of nitrogens with one attached hydrogen (secondary N) is 1. The van der Waals surface area contributed by atoms with E-state index in [1.54, 1.807) is 12.1 Å². The third-order valence-electron chi connectivity index (χ3n) is 5.86. The molecule has 1 aromatic heterocycles. The number of piperidine rings is 1. The molecule has 1 aliphatic rings. The molecule has 35 heavy (non-hydrogen) atoms. The lowest BCUT2D eigenvalue weighted by Crippen LogP contribution is -2.41. The predicted molar refractivity (Wildman–Crippen MR) is 128 cm³/mol. The van der Waals surface area contributed by atoms with Crippen LogP contribution in [0.1, 0.15) is 48.0 Å². The van der Waals surface area contributed by atoms with Crippen molar-refractivity contribution in [1.82, 2.24) is 14.5 Å². The lowest BCUT2D eigenvalue weighted by atomic mass is 10.1. The molecule has 0 radical (unpaired) electrons. The van der Waals surface area contributed by atoms with Crippen LogP contribution in [0.25, 0.3) is 0 Å². The SMILES string of the molecule is CC1CCCCN1S(=O)(=O)c1ccc(C(=O)Nc2nnc(Cc3ccc(S(C)(=O)=O)cc3)o2)cc1. The number of carbonyl (C=O) groups is 1. The van der Waals surface area contributed by atoms with Crippen molar-refractivity contribution in [2.24, 2.45) is 0 Å². The van der Waals surface area contributed by atoms with Crippen LogP contribution in [0.15, 0.2) is 62.7 Å². The van der Waals surface area contributed by atoms with E-state index in [1.807, 2.05) is 6.92 Å². The van der Waals surface area contributed by atoms with Crippen LogP contribution >= 0.6 is 0 Å². The van der Waals surface area contributed by atoms with Crippen LogP contribution in [-0.2, 0) is 26.3 Å². The van der Waals surface area contributed by atoms with Gasteiger partial charge in [-0.05, 0) is 61.7 Å². The molecular formula is C23H26N4O6S2. The third-order valence-corrected chi connectivity index (χ3v) is 9.02. The second-order valence-electron chi connectivity index (χ2n) is 8.53. The maximum absolute atomic E-state index is 13.0. The molecule has 186 valence electrons. The standard InChI is InChI=1S/C23H26N4O6S2/c1-16-5-3-4-14-27(16)35(31,32)20-12-8-18(9-13-20)22(28)24-23-26-25-21(33-23)15-17-6-10-19(11-7-17)34(2,29)30/h6-13,16H,3-5,14-15H2,1-2H3,(H,24,26,28). The lowest BCUT2D eigenvalue weighted by molar-refractivity contribution is 0.102. The summed E-state index contributed by atoms with van der Waals surface area (Å²) in [5.74, 6) is -0.280. The molecule has 0 bridgehead atoms. The fourth-order valence-electron chi connectivity index (χ4n) is 3.92. The Labute approximate surface area is 204 Å². The second-order valence-corrected chi connectivity index (χ2v) is 12.4. The Morgan fingerprint density at radius 3 is 2.29 bits per heavy atom. The van der Waals surface area contributed by atoms with Crippen molar-refractivity contribution < 1.29 is 26.0 Å². The number of amides is 1. The Balaban J connectivity index is 1.40. The molecule has 10 nitrogen and oxygen atoms in total. The summed E-state index contributed by atoms with van der Waals surface area (Å²) in [6.07, 6.45) is 4.07. The molecule has 0 spiro atoms. The van der Waals surface area contributed by atoms with Gasteiger partial charge < -0.3 is 4.42 Å². The molecule has 1 saturated heterocycles. The number of hydrogen-bond acceptors (Lipinski definition) is 8. The molecule has 1 unspecified atom stereocenters. The van der Waals surface area contributed by atoms with Gasteiger partial charge in [0.25, 0.3) is 5.91 Å².